The fraction of sp³-hybridized carbons (Fsp3) is 0.150. The summed E-state index contributed by atoms with van der Waals surface area (Å²) < 4.78 is 43.9. The first-order chi connectivity index (χ1) is 15.3. The van der Waals surface area contributed by atoms with E-state index in [1.54, 1.807) is 24.3 Å². The molecule has 0 aliphatic rings. The predicted octanol–water partition coefficient (Wildman–Crippen LogP) is 3.07. The van der Waals surface area contributed by atoms with E-state index in [0.29, 0.717) is 11.4 Å². The maximum absolute atomic E-state index is 12.7. The molecule has 0 saturated carbocycles. The first kappa shape index (κ1) is 23.3. The van der Waals surface area contributed by atoms with E-state index in [2.05, 4.69) is 35.9 Å². The lowest BCUT2D eigenvalue weighted by molar-refractivity contribution is -0.118. The molecular weight excluding hydrogens is 504 g/mol. The third kappa shape index (κ3) is 6.31. The molecule has 168 valence electrons. The molecule has 3 aromatic rings. The lowest BCUT2D eigenvalue weighted by Crippen LogP contribution is -2.20. The minimum atomic E-state index is -3.95. The van der Waals surface area contributed by atoms with E-state index in [1.165, 1.54) is 44.6 Å². The largest absolute Gasteiger partial charge is 0.484 e. The maximum Gasteiger partial charge on any atom is 0.321 e. The number of amides is 1. The Morgan fingerprint density at radius 3 is 2.31 bits per heavy atom. The normalized spacial score (nSPS) is 10.8. The van der Waals surface area contributed by atoms with Crippen LogP contribution in [0.4, 0.5) is 11.5 Å². The molecule has 0 unspecified atom stereocenters. The van der Waals surface area contributed by atoms with Crippen molar-refractivity contribution >= 4 is 43.4 Å². The summed E-state index contributed by atoms with van der Waals surface area (Å²) in [5.41, 5.74) is 0.415. The van der Waals surface area contributed by atoms with Gasteiger partial charge in [-0.05, 0) is 48.5 Å². The van der Waals surface area contributed by atoms with Crippen LogP contribution in [-0.2, 0) is 14.8 Å². The van der Waals surface area contributed by atoms with Gasteiger partial charge in [0, 0.05) is 16.2 Å². The lowest BCUT2D eigenvalue weighted by atomic mass is 10.3. The third-order valence-electron chi connectivity index (χ3n) is 3.94. The molecule has 0 radical (unpaired) electrons. The smallest absolute Gasteiger partial charge is 0.321 e. The van der Waals surface area contributed by atoms with Crippen LogP contribution < -0.4 is 24.2 Å². The van der Waals surface area contributed by atoms with E-state index in [0.717, 1.165) is 4.47 Å². The molecular formula is C20H19BrN4O6S. The van der Waals surface area contributed by atoms with Crippen molar-refractivity contribution in [3.63, 3.8) is 0 Å². The van der Waals surface area contributed by atoms with Gasteiger partial charge in [0.25, 0.3) is 15.9 Å². The highest BCUT2D eigenvalue weighted by atomic mass is 79.9. The van der Waals surface area contributed by atoms with Crippen LogP contribution in [0.5, 0.6) is 17.6 Å². The van der Waals surface area contributed by atoms with E-state index in [1.807, 2.05) is 0 Å². The number of carbonyl (C=O) groups is 1. The minimum absolute atomic E-state index is 0.0174. The van der Waals surface area contributed by atoms with Crippen molar-refractivity contribution < 1.29 is 27.4 Å². The van der Waals surface area contributed by atoms with Crippen molar-refractivity contribution in [2.75, 3.05) is 30.9 Å². The molecule has 1 amide bonds. The summed E-state index contributed by atoms with van der Waals surface area (Å²) in [7, 11) is -1.21. The van der Waals surface area contributed by atoms with Crippen LogP contribution in [0.25, 0.3) is 0 Å². The Hall–Kier alpha value is -3.38. The molecule has 0 spiro atoms. The highest BCUT2D eigenvalue weighted by molar-refractivity contribution is 9.10. The molecule has 0 aliphatic heterocycles. The zero-order chi connectivity index (χ0) is 23.1. The maximum atomic E-state index is 12.7. The van der Waals surface area contributed by atoms with E-state index >= 15 is 0 Å². The predicted molar refractivity (Wildman–Crippen MR) is 121 cm³/mol. The molecule has 2 N–H and O–H groups in total. The summed E-state index contributed by atoms with van der Waals surface area (Å²) in [6.07, 6.45) is 0. The average Bonchev–Trinajstić information content (AvgIpc) is 2.78. The van der Waals surface area contributed by atoms with Gasteiger partial charge in [0.05, 0.1) is 19.1 Å². The fourth-order valence-corrected chi connectivity index (χ4v) is 3.70. The number of nitrogens with zero attached hydrogens (tertiary/aromatic N) is 2. The first-order valence-corrected chi connectivity index (χ1v) is 11.3. The number of ether oxygens (including phenoxy) is 3. The number of carbonyl (C=O) groups excluding carboxylic acids is 1. The van der Waals surface area contributed by atoms with Crippen molar-refractivity contribution in [2.45, 2.75) is 4.90 Å². The Kier molecular flexibility index (Phi) is 7.49. The summed E-state index contributed by atoms with van der Waals surface area (Å²) in [5.74, 6) is 0.282. The topological polar surface area (TPSA) is 129 Å². The average molecular weight is 523 g/mol. The fourth-order valence-electron chi connectivity index (χ4n) is 2.44. The van der Waals surface area contributed by atoms with Crippen molar-refractivity contribution in [3.8, 4) is 17.6 Å². The van der Waals surface area contributed by atoms with Gasteiger partial charge in [-0.3, -0.25) is 9.52 Å². The van der Waals surface area contributed by atoms with Crippen LogP contribution in [0.3, 0.4) is 0 Å². The summed E-state index contributed by atoms with van der Waals surface area (Å²) in [5, 5.41) is 2.64. The number of hydrogen-bond acceptors (Lipinski definition) is 8. The SMILES string of the molecule is COc1cc(NS(=O)(=O)c2ccc(NC(=O)COc3ccc(Br)cc3)cc2)nc(OC)n1. The number of rotatable bonds is 9. The number of hydrogen-bond donors (Lipinski definition) is 2. The van der Waals surface area contributed by atoms with Gasteiger partial charge >= 0.3 is 6.01 Å². The van der Waals surface area contributed by atoms with E-state index in [-0.39, 0.29) is 35.1 Å². The Labute approximate surface area is 193 Å². The van der Waals surface area contributed by atoms with Crippen LogP contribution >= 0.6 is 15.9 Å². The molecule has 2 aromatic carbocycles. The zero-order valence-electron chi connectivity index (χ0n) is 17.0. The van der Waals surface area contributed by atoms with Crippen LogP contribution in [-0.4, -0.2) is 45.1 Å². The van der Waals surface area contributed by atoms with Gasteiger partial charge in [0.2, 0.25) is 5.88 Å². The van der Waals surface area contributed by atoms with Crippen LogP contribution in [0, 0.1) is 0 Å². The van der Waals surface area contributed by atoms with E-state index in [9.17, 15) is 13.2 Å². The Balaban J connectivity index is 1.62. The molecule has 1 heterocycles. The van der Waals surface area contributed by atoms with Gasteiger partial charge < -0.3 is 19.5 Å². The van der Waals surface area contributed by atoms with Crippen molar-refractivity contribution in [2.24, 2.45) is 0 Å². The highest BCUT2D eigenvalue weighted by Gasteiger charge is 2.17. The number of halogens is 1. The molecule has 0 aliphatic carbocycles. The molecule has 1 aromatic heterocycles. The number of methoxy groups -OCH3 is 2. The van der Waals surface area contributed by atoms with Crippen molar-refractivity contribution in [1.82, 2.24) is 9.97 Å². The number of benzene rings is 2. The number of nitrogens with one attached hydrogen (secondary N) is 2. The molecule has 32 heavy (non-hydrogen) atoms. The van der Waals surface area contributed by atoms with Gasteiger partial charge in [-0.25, -0.2) is 8.42 Å². The molecule has 12 heteroatoms. The molecule has 10 nitrogen and oxygen atoms in total. The zero-order valence-corrected chi connectivity index (χ0v) is 19.4. The number of aromatic nitrogens is 2. The van der Waals surface area contributed by atoms with Crippen LogP contribution in [0.15, 0.2) is 64.0 Å². The summed E-state index contributed by atoms with van der Waals surface area (Å²) >= 11 is 3.32. The number of sulfonamides is 1. The lowest BCUT2D eigenvalue weighted by Gasteiger charge is -2.11. The Bertz CT molecular complexity index is 1170. The van der Waals surface area contributed by atoms with Crippen LogP contribution in [0.1, 0.15) is 0 Å². The highest BCUT2D eigenvalue weighted by Crippen LogP contribution is 2.22. The molecule has 0 atom stereocenters. The van der Waals surface area contributed by atoms with Gasteiger partial charge in [0.1, 0.15) is 5.75 Å². The number of anilines is 2. The Morgan fingerprint density at radius 1 is 1.00 bits per heavy atom. The van der Waals surface area contributed by atoms with Crippen LogP contribution in [0.2, 0.25) is 0 Å². The molecule has 0 fully saturated rings. The second-order valence-corrected chi connectivity index (χ2v) is 8.80. The van der Waals surface area contributed by atoms with Gasteiger partial charge in [-0.1, -0.05) is 15.9 Å². The second kappa shape index (κ2) is 10.3. The molecule has 0 saturated heterocycles. The minimum Gasteiger partial charge on any atom is -0.484 e. The summed E-state index contributed by atoms with van der Waals surface area (Å²) in [6.45, 7) is -0.194. The van der Waals surface area contributed by atoms with E-state index in [4.69, 9.17) is 14.2 Å². The first-order valence-electron chi connectivity index (χ1n) is 9.07. The summed E-state index contributed by atoms with van der Waals surface area (Å²) in [6, 6.07) is 14.0. The quantitative estimate of drug-likeness (QED) is 0.438. The third-order valence-corrected chi connectivity index (χ3v) is 5.84. The second-order valence-electron chi connectivity index (χ2n) is 6.20. The van der Waals surface area contributed by atoms with Gasteiger partial charge in [0.15, 0.2) is 12.4 Å². The summed E-state index contributed by atoms with van der Waals surface area (Å²) in [4.78, 5) is 19.9. The Morgan fingerprint density at radius 2 is 1.69 bits per heavy atom. The standard InChI is InChI=1S/C20H19BrN4O6S/c1-29-19-11-17(23-20(24-19)30-2)25-32(27,28)16-9-5-14(6-10-16)22-18(26)12-31-15-7-3-13(21)4-8-15/h3-11H,12H2,1-2H3,(H,22,26)(H,23,24,25). The van der Waals surface area contributed by atoms with Crippen molar-refractivity contribution in [1.29, 1.82) is 0 Å². The molecule has 3 rings (SSSR count). The van der Waals surface area contributed by atoms with Gasteiger partial charge in [-0.2, -0.15) is 9.97 Å². The molecule has 0 bridgehead atoms. The van der Waals surface area contributed by atoms with E-state index < -0.39 is 10.0 Å². The monoisotopic (exact) mass is 522 g/mol. The van der Waals surface area contributed by atoms with Gasteiger partial charge in [-0.15, -0.1) is 0 Å². The van der Waals surface area contributed by atoms with Crippen molar-refractivity contribution in [3.05, 3.63) is 59.1 Å².